The summed E-state index contributed by atoms with van der Waals surface area (Å²) in [6.07, 6.45) is 50.0. The van der Waals surface area contributed by atoms with Crippen molar-refractivity contribution in [1.82, 2.24) is 10.2 Å². The van der Waals surface area contributed by atoms with E-state index in [4.69, 9.17) is 0 Å². The molecule has 0 aromatic heterocycles. The predicted octanol–water partition coefficient (Wildman–Crippen LogP) is 13.3. The van der Waals surface area contributed by atoms with Gasteiger partial charge >= 0.3 is 0 Å². The summed E-state index contributed by atoms with van der Waals surface area (Å²) in [6, 6.07) is 0.361. The number of hydrogen-bond donors (Lipinski definition) is 1. The Hall–Kier alpha value is -1.35. The molecule has 0 saturated heterocycles. The van der Waals surface area contributed by atoms with Crippen LogP contribution in [0.1, 0.15) is 201 Å². The number of allylic oxidation sites excluding steroid dienone is 6. The molecule has 3 nitrogen and oxygen atoms in total. The second kappa shape index (κ2) is 36.5. The van der Waals surface area contributed by atoms with Gasteiger partial charge in [0.25, 0.3) is 0 Å². The number of amides is 1. The van der Waals surface area contributed by atoms with E-state index in [2.05, 4.69) is 67.4 Å². The highest BCUT2D eigenvalue weighted by molar-refractivity contribution is 5.76. The van der Waals surface area contributed by atoms with Gasteiger partial charge in [0.15, 0.2) is 0 Å². The topological polar surface area (TPSA) is 32.3 Å². The Bertz CT molecular complexity index is 710. The third-order valence-electron chi connectivity index (χ3n) is 9.33. The Kier molecular flexibility index (Phi) is 35.4. The van der Waals surface area contributed by atoms with Gasteiger partial charge in [0.2, 0.25) is 5.91 Å². The van der Waals surface area contributed by atoms with E-state index in [0.717, 1.165) is 31.7 Å². The van der Waals surface area contributed by atoms with Crippen LogP contribution in [0.2, 0.25) is 0 Å². The zero-order valence-corrected chi connectivity index (χ0v) is 32.0. The molecule has 0 aliphatic carbocycles. The molecule has 1 amide bonds. The standard InChI is InChI=1S/C43H82N2O/c1-6-8-10-12-13-14-15-16-17-18-19-20-23-26-29-33-37-42(44-43(46)39-40-45(4)5)38-34-30-27-24-21-22-25-28-32-36-41(3)35-31-11-9-7-2/h13-14,16-17,28,32,41-42H,6-12,15,18-27,29-31,33-40H2,1-5H3,(H,44,46)/b14-13-,17-16-,32-28-/t41-,42?/m0/s1. The van der Waals surface area contributed by atoms with E-state index >= 15 is 0 Å². The van der Waals surface area contributed by atoms with Gasteiger partial charge in [-0.25, -0.2) is 0 Å². The summed E-state index contributed by atoms with van der Waals surface area (Å²) in [5.41, 5.74) is 0. The molecule has 0 bridgehead atoms. The maximum Gasteiger partial charge on any atom is 0.221 e. The molecule has 3 heteroatoms. The molecular weight excluding hydrogens is 560 g/mol. The van der Waals surface area contributed by atoms with Gasteiger partial charge in [-0.1, -0.05) is 166 Å². The third-order valence-corrected chi connectivity index (χ3v) is 9.33. The van der Waals surface area contributed by atoms with E-state index in [-0.39, 0.29) is 5.91 Å². The first kappa shape index (κ1) is 44.6. The normalized spacial score (nSPS) is 13.5. The van der Waals surface area contributed by atoms with Crippen molar-refractivity contribution in [1.29, 1.82) is 0 Å². The molecule has 2 atom stereocenters. The van der Waals surface area contributed by atoms with Crippen molar-refractivity contribution in [3.63, 3.8) is 0 Å². The average molecular weight is 643 g/mol. The third kappa shape index (κ3) is 35.5. The maximum atomic E-state index is 12.6. The summed E-state index contributed by atoms with van der Waals surface area (Å²) in [4.78, 5) is 14.7. The number of rotatable bonds is 35. The van der Waals surface area contributed by atoms with Crippen molar-refractivity contribution in [2.75, 3.05) is 20.6 Å². The van der Waals surface area contributed by atoms with Gasteiger partial charge in [-0.15, -0.1) is 0 Å². The summed E-state index contributed by atoms with van der Waals surface area (Å²) in [6.45, 7) is 7.80. The second-order valence-electron chi connectivity index (χ2n) is 14.6. The Balaban J connectivity index is 3.98. The van der Waals surface area contributed by atoms with Gasteiger partial charge in [0.05, 0.1) is 0 Å². The monoisotopic (exact) mass is 643 g/mol. The predicted molar refractivity (Wildman–Crippen MR) is 208 cm³/mol. The molecule has 0 radical (unpaired) electrons. The molecule has 0 heterocycles. The Morgan fingerprint density at radius 1 is 0.565 bits per heavy atom. The minimum absolute atomic E-state index is 0.234. The number of nitrogens with one attached hydrogen (secondary N) is 1. The Morgan fingerprint density at radius 3 is 1.54 bits per heavy atom. The van der Waals surface area contributed by atoms with E-state index in [1.807, 2.05) is 14.1 Å². The molecular formula is C43H82N2O. The molecule has 0 aliphatic rings. The van der Waals surface area contributed by atoms with Crippen LogP contribution < -0.4 is 5.32 Å². The Labute approximate surface area is 289 Å². The SMILES string of the molecule is CCCCC/C=C\C/C=C\CCCCCCCCC(CCCCCCCC/C=C\C[C@@H](C)CCCCCC)NC(=O)CCN(C)C. The average Bonchev–Trinajstić information content (AvgIpc) is 3.04. The molecule has 0 aliphatic heterocycles. The molecule has 0 fully saturated rings. The quantitative estimate of drug-likeness (QED) is 0.0551. The van der Waals surface area contributed by atoms with Crippen LogP contribution in [-0.2, 0) is 4.79 Å². The van der Waals surface area contributed by atoms with Gasteiger partial charge in [-0.05, 0) is 84.2 Å². The lowest BCUT2D eigenvalue weighted by atomic mass is 9.99. The molecule has 0 rings (SSSR count). The summed E-state index contributed by atoms with van der Waals surface area (Å²) < 4.78 is 0. The van der Waals surface area contributed by atoms with Crippen molar-refractivity contribution in [2.45, 2.75) is 207 Å². The lowest BCUT2D eigenvalue weighted by molar-refractivity contribution is -0.122. The van der Waals surface area contributed by atoms with Crippen LogP contribution in [0.5, 0.6) is 0 Å². The van der Waals surface area contributed by atoms with E-state index in [1.165, 1.54) is 154 Å². The number of nitrogens with zero attached hydrogens (tertiary/aromatic N) is 1. The highest BCUT2D eigenvalue weighted by atomic mass is 16.1. The van der Waals surface area contributed by atoms with Crippen LogP contribution >= 0.6 is 0 Å². The van der Waals surface area contributed by atoms with Crippen molar-refractivity contribution < 1.29 is 4.79 Å². The second-order valence-corrected chi connectivity index (χ2v) is 14.6. The summed E-state index contributed by atoms with van der Waals surface area (Å²) in [7, 11) is 4.09. The molecule has 0 aromatic rings. The minimum Gasteiger partial charge on any atom is -0.353 e. The van der Waals surface area contributed by atoms with Crippen LogP contribution in [0.4, 0.5) is 0 Å². The Morgan fingerprint density at radius 2 is 1.00 bits per heavy atom. The van der Waals surface area contributed by atoms with Gasteiger partial charge in [0, 0.05) is 19.0 Å². The number of carbonyl (C=O) groups is 1. The molecule has 1 unspecified atom stereocenters. The van der Waals surface area contributed by atoms with Crippen LogP contribution in [0, 0.1) is 5.92 Å². The lowest BCUT2D eigenvalue weighted by Gasteiger charge is -2.20. The summed E-state index contributed by atoms with van der Waals surface area (Å²) in [5, 5.41) is 3.39. The molecule has 270 valence electrons. The molecule has 1 N–H and O–H groups in total. The lowest BCUT2D eigenvalue weighted by Crippen LogP contribution is -2.36. The highest BCUT2D eigenvalue weighted by Gasteiger charge is 2.12. The van der Waals surface area contributed by atoms with Gasteiger partial charge in [-0.2, -0.15) is 0 Å². The maximum absolute atomic E-state index is 12.6. The van der Waals surface area contributed by atoms with Crippen LogP contribution in [-0.4, -0.2) is 37.5 Å². The van der Waals surface area contributed by atoms with Crippen molar-refractivity contribution >= 4 is 5.91 Å². The van der Waals surface area contributed by atoms with E-state index in [0.29, 0.717) is 12.5 Å². The largest absolute Gasteiger partial charge is 0.353 e. The minimum atomic E-state index is 0.234. The van der Waals surface area contributed by atoms with Crippen LogP contribution in [0.15, 0.2) is 36.5 Å². The van der Waals surface area contributed by atoms with E-state index in [1.54, 1.807) is 0 Å². The van der Waals surface area contributed by atoms with Crippen molar-refractivity contribution in [3.8, 4) is 0 Å². The molecule has 46 heavy (non-hydrogen) atoms. The van der Waals surface area contributed by atoms with E-state index < -0.39 is 0 Å². The first-order valence-electron chi connectivity index (χ1n) is 20.4. The zero-order chi connectivity index (χ0) is 33.8. The highest BCUT2D eigenvalue weighted by Crippen LogP contribution is 2.17. The van der Waals surface area contributed by atoms with E-state index in [9.17, 15) is 4.79 Å². The van der Waals surface area contributed by atoms with Crippen molar-refractivity contribution in [2.24, 2.45) is 5.92 Å². The van der Waals surface area contributed by atoms with Crippen LogP contribution in [0.3, 0.4) is 0 Å². The fourth-order valence-corrected chi connectivity index (χ4v) is 6.14. The first-order chi connectivity index (χ1) is 22.5. The fraction of sp³-hybridized carbons (Fsp3) is 0.837. The number of carbonyl (C=O) groups excluding carboxylic acids is 1. The number of unbranched alkanes of at least 4 members (excludes halogenated alkanes) is 18. The van der Waals surface area contributed by atoms with Crippen molar-refractivity contribution in [3.05, 3.63) is 36.5 Å². The molecule has 0 spiro atoms. The molecule has 0 saturated carbocycles. The smallest absolute Gasteiger partial charge is 0.221 e. The first-order valence-corrected chi connectivity index (χ1v) is 20.4. The summed E-state index contributed by atoms with van der Waals surface area (Å²) in [5.74, 6) is 1.08. The van der Waals surface area contributed by atoms with Crippen LogP contribution in [0.25, 0.3) is 0 Å². The number of hydrogen-bond acceptors (Lipinski definition) is 2. The zero-order valence-electron chi connectivity index (χ0n) is 32.0. The van der Waals surface area contributed by atoms with Gasteiger partial charge in [0.1, 0.15) is 0 Å². The molecule has 0 aromatic carbocycles. The fourth-order valence-electron chi connectivity index (χ4n) is 6.14. The van der Waals surface area contributed by atoms with Gasteiger partial charge in [-0.3, -0.25) is 4.79 Å². The summed E-state index contributed by atoms with van der Waals surface area (Å²) >= 11 is 0. The van der Waals surface area contributed by atoms with Gasteiger partial charge < -0.3 is 10.2 Å².